The number of ether oxygens (including phenoxy) is 1. The van der Waals surface area contributed by atoms with E-state index in [0.717, 1.165) is 0 Å². The van der Waals surface area contributed by atoms with Gasteiger partial charge < -0.3 is 16.2 Å². The van der Waals surface area contributed by atoms with E-state index in [1.807, 2.05) is 20.8 Å². The van der Waals surface area contributed by atoms with Crippen molar-refractivity contribution in [2.24, 2.45) is 0 Å². The van der Waals surface area contributed by atoms with Gasteiger partial charge in [0.2, 0.25) is 11.9 Å². The van der Waals surface area contributed by atoms with Crippen LogP contribution in [0.15, 0.2) is 0 Å². The summed E-state index contributed by atoms with van der Waals surface area (Å²) in [5, 5.41) is 0. The van der Waals surface area contributed by atoms with Crippen molar-refractivity contribution in [2.45, 2.75) is 26.4 Å². The molecule has 0 spiro atoms. The number of anilines is 2. The zero-order valence-corrected chi connectivity index (χ0v) is 8.61. The Balaban J connectivity index is 3.05. The van der Waals surface area contributed by atoms with E-state index in [-0.39, 0.29) is 11.9 Å². The van der Waals surface area contributed by atoms with Crippen LogP contribution < -0.4 is 11.5 Å². The maximum atomic E-state index is 5.46. The predicted octanol–water partition coefficient (Wildman–Crippen LogP) is 0.308. The lowest BCUT2D eigenvalue weighted by atomic mass is 10.1. The predicted molar refractivity (Wildman–Crippen MR) is 53.3 cm³/mol. The minimum absolute atomic E-state index is 0.111. The Morgan fingerprint density at radius 3 is 2.07 bits per heavy atom. The zero-order valence-electron chi connectivity index (χ0n) is 8.61. The summed E-state index contributed by atoms with van der Waals surface area (Å²) in [5.41, 5.74) is 10.3. The van der Waals surface area contributed by atoms with Crippen molar-refractivity contribution in [3.05, 3.63) is 5.82 Å². The van der Waals surface area contributed by atoms with Crippen molar-refractivity contribution in [1.29, 1.82) is 0 Å². The average Bonchev–Trinajstić information content (AvgIpc) is 2.02. The van der Waals surface area contributed by atoms with Gasteiger partial charge in [-0.25, -0.2) is 0 Å². The molecule has 0 aromatic carbocycles. The molecule has 6 nitrogen and oxygen atoms in total. The highest BCUT2D eigenvalue weighted by Gasteiger charge is 2.25. The van der Waals surface area contributed by atoms with Gasteiger partial charge in [-0.2, -0.15) is 15.0 Å². The van der Waals surface area contributed by atoms with E-state index in [1.165, 1.54) is 0 Å². The first kappa shape index (κ1) is 10.6. The van der Waals surface area contributed by atoms with Gasteiger partial charge in [0.1, 0.15) is 5.60 Å². The third-order valence-corrected chi connectivity index (χ3v) is 1.71. The summed E-state index contributed by atoms with van der Waals surface area (Å²) >= 11 is 0. The molecule has 1 rings (SSSR count). The first-order chi connectivity index (χ1) is 6.45. The fourth-order valence-corrected chi connectivity index (χ4v) is 1.10. The number of nitrogens with two attached hydrogens (primary N) is 2. The van der Waals surface area contributed by atoms with Crippen LogP contribution in [0.3, 0.4) is 0 Å². The van der Waals surface area contributed by atoms with Crippen LogP contribution in [0.2, 0.25) is 0 Å². The first-order valence-electron chi connectivity index (χ1n) is 4.37. The van der Waals surface area contributed by atoms with E-state index < -0.39 is 5.60 Å². The molecule has 0 amide bonds. The fourth-order valence-electron chi connectivity index (χ4n) is 1.10. The highest BCUT2D eigenvalue weighted by Crippen LogP contribution is 2.21. The van der Waals surface area contributed by atoms with Crippen LogP contribution in [-0.2, 0) is 10.3 Å². The topological polar surface area (TPSA) is 99.9 Å². The molecule has 0 bridgehead atoms. The van der Waals surface area contributed by atoms with Crippen LogP contribution in [0, 0.1) is 0 Å². The molecule has 78 valence electrons. The largest absolute Gasteiger partial charge is 0.368 e. The zero-order chi connectivity index (χ0) is 10.8. The van der Waals surface area contributed by atoms with Crippen LogP contribution in [-0.4, -0.2) is 21.6 Å². The van der Waals surface area contributed by atoms with Crippen molar-refractivity contribution in [2.75, 3.05) is 18.1 Å². The lowest BCUT2D eigenvalue weighted by Crippen LogP contribution is -2.26. The lowest BCUT2D eigenvalue weighted by molar-refractivity contribution is -0.0207. The smallest absolute Gasteiger partial charge is 0.225 e. The minimum atomic E-state index is -0.597. The molecule has 0 unspecified atom stereocenters. The second-order valence-electron chi connectivity index (χ2n) is 3.32. The summed E-state index contributed by atoms with van der Waals surface area (Å²) in [6.07, 6.45) is 0. The molecular formula is C8H15N5O. The van der Waals surface area contributed by atoms with E-state index in [1.54, 1.807) is 0 Å². The second-order valence-corrected chi connectivity index (χ2v) is 3.32. The Bertz CT molecular complexity index is 305. The molecule has 0 saturated carbocycles. The molecule has 0 aliphatic rings. The molecule has 1 aromatic heterocycles. The maximum absolute atomic E-state index is 5.46. The van der Waals surface area contributed by atoms with Crippen molar-refractivity contribution in [3.8, 4) is 0 Å². The van der Waals surface area contributed by atoms with Crippen LogP contribution >= 0.6 is 0 Å². The summed E-state index contributed by atoms with van der Waals surface area (Å²) in [7, 11) is 0. The monoisotopic (exact) mass is 197 g/mol. The standard InChI is InChI=1S/C8H15N5O/c1-4-14-8(2,3)5-11-6(9)13-7(10)12-5/h4H2,1-3H3,(H4,9,10,11,12,13). The SMILES string of the molecule is CCOC(C)(C)c1nc(N)nc(N)n1. The molecule has 0 atom stereocenters. The number of hydrogen-bond acceptors (Lipinski definition) is 6. The van der Waals surface area contributed by atoms with Crippen molar-refractivity contribution < 1.29 is 4.74 Å². The van der Waals surface area contributed by atoms with Gasteiger partial charge in [-0.05, 0) is 20.8 Å². The molecule has 1 aromatic rings. The molecule has 1 heterocycles. The normalized spacial score (nSPS) is 11.6. The molecule has 6 heteroatoms. The number of hydrogen-bond donors (Lipinski definition) is 2. The summed E-state index contributed by atoms with van der Waals surface area (Å²) < 4.78 is 5.46. The maximum Gasteiger partial charge on any atom is 0.225 e. The molecule has 0 fully saturated rings. The van der Waals surface area contributed by atoms with Gasteiger partial charge >= 0.3 is 0 Å². The minimum Gasteiger partial charge on any atom is -0.368 e. The molecule has 0 aliphatic carbocycles. The van der Waals surface area contributed by atoms with E-state index in [9.17, 15) is 0 Å². The van der Waals surface area contributed by atoms with Crippen LogP contribution in [0.1, 0.15) is 26.6 Å². The Morgan fingerprint density at radius 1 is 1.14 bits per heavy atom. The number of rotatable bonds is 3. The lowest BCUT2D eigenvalue weighted by Gasteiger charge is -2.22. The molecule has 14 heavy (non-hydrogen) atoms. The van der Waals surface area contributed by atoms with Gasteiger partial charge in [0.15, 0.2) is 5.82 Å². The Labute approximate surface area is 82.7 Å². The van der Waals surface area contributed by atoms with Crippen LogP contribution in [0.4, 0.5) is 11.9 Å². The Morgan fingerprint density at radius 2 is 1.64 bits per heavy atom. The second kappa shape index (κ2) is 3.75. The highest BCUT2D eigenvalue weighted by atomic mass is 16.5. The van der Waals surface area contributed by atoms with Crippen molar-refractivity contribution in [3.63, 3.8) is 0 Å². The van der Waals surface area contributed by atoms with Crippen LogP contribution in [0.5, 0.6) is 0 Å². The molecule has 4 N–H and O–H groups in total. The third kappa shape index (κ3) is 2.29. The number of nitrogen functional groups attached to an aromatic ring is 2. The summed E-state index contributed by atoms with van der Waals surface area (Å²) in [6.45, 7) is 6.17. The van der Waals surface area contributed by atoms with Gasteiger partial charge in [0, 0.05) is 6.61 Å². The summed E-state index contributed by atoms with van der Waals surface area (Å²) in [6, 6.07) is 0. The van der Waals surface area contributed by atoms with Crippen molar-refractivity contribution in [1.82, 2.24) is 15.0 Å². The van der Waals surface area contributed by atoms with Gasteiger partial charge in [0.25, 0.3) is 0 Å². The number of nitrogens with zero attached hydrogens (tertiary/aromatic N) is 3. The summed E-state index contributed by atoms with van der Waals surface area (Å²) in [4.78, 5) is 11.6. The first-order valence-corrected chi connectivity index (χ1v) is 4.37. The van der Waals surface area contributed by atoms with E-state index in [4.69, 9.17) is 16.2 Å². The summed E-state index contributed by atoms with van der Waals surface area (Å²) in [5.74, 6) is 0.671. The molecule has 0 saturated heterocycles. The Hall–Kier alpha value is -1.43. The average molecular weight is 197 g/mol. The third-order valence-electron chi connectivity index (χ3n) is 1.71. The van der Waals surface area contributed by atoms with Crippen LogP contribution in [0.25, 0.3) is 0 Å². The molecule has 0 radical (unpaired) electrons. The highest BCUT2D eigenvalue weighted by molar-refractivity contribution is 5.27. The quantitative estimate of drug-likeness (QED) is 0.723. The fraction of sp³-hybridized carbons (Fsp3) is 0.625. The van der Waals surface area contributed by atoms with Gasteiger partial charge in [0.05, 0.1) is 0 Å². The van der Waals surface area contributed by atoms with Crippen molar-refractivity contribution >= 4 is 11.9 Å². The van der Waals surface area contributed by atoms with E-state index in [0.29, 0.717) is 12.4 Å². The van der Waals surface area contributed by atoms with Gasteiger partial charge in [-0.15, -0.1) is 0 Å². The molecular weight excluding hydrogens is 182 g/mol. The van der Waals surface area contributed by atoms with Gasteiger partial charge in [-0.3, -0.25) is 0 Å². The van der Waals surface area contributed by atoms with E-state index >= 15 is 0 Å². The Kier molecular flexibility index (Phi) is 2.85. The number of aromatic nitrogens is 3. The molecule has 0 aliphatic heterocycles. The van der Waals surface area contributed by atoms with E-state index in [2.05, 4.69) is 15.0 Å². The van der Waals surface area contributed by atoms with Gasteiger partial charge in [-0.1, -0.05) is 0 Å².